The van der Waals surface area contributed by atoms with Crippen LogP contribution in [0.5, 0.6) is 0 Å². The zero-order chi connectivity index (χ0) is 15.1. The average Bonchev–Trinajstić information content (AvgIpc) is 3.04. The predicted molar refractivity (Wildman–Crippen MR) is 77.7 cm³/mol. The predicted octanol–water partition coefficient (Wildman–Crippen LogP) is 0.969. The second kappa shape index (κ2) is 5.20. The standard InChI is InChI=1S/C11H11N5O3S2/c1-4-16-7(8-12-5(2)15-19-8)14-9-6(10(16)17)13-11(20-9)21(3)18/h4H2,1-3H3. The summed E-state index contributed by atoms with van der Waals surface area (Å²) in [7, 11) is 0. The van der Waals surface area contributed by atoms with Gasteiger partial charge in [-0.2, -0.15) is 9.97 Å². The molecule has 0 N–H and O–H groups in total. The van der Waals surface area contributed by atoms with Gasteiger partial charge in [0, 0.05) is 17.7 Å². The summed E-state index contributed by atoms with van der Waals surface area (Å²) >= 11 is -0.129. The fourth-order valence-electron chi connectivity index (χ4n) is 1.86. The molecule has 8 nitrogen and oxygen atoms in total. The van der Waals surface area contributed by atoms with E-state index in [0.29, 0.717) is 27.4 Å². The normalized spacial score (nSPS) is 13.0. The first-order chi connectivity index (χ1) is 10.0. The summed E-state index contributed by atoms with van der Waals surface area (Å²) < 4.78 is 18.4. The van der Waals surface area contributed by atoms with Gasteiger partial charge in [0.05, 0.1) is 0 Å². The minimum atomic E-state index is -1.26. The van der Waals surface area contributed by atoms with E-state index >= 15 is 0 Å². The second-order valence-electron chi connectivity index (χ2n) is 4.22. The number of aryl methyl sites for hydroxylation is 1. The molecule has 3 aromatic rings. The van der Waals surface area contributed by atoms with Crippen molar-refractivity contribution < 1.29 is 9.08 Å². The molecule has 10 heteroatoms. The van der Waals surface area contributed by atoms with Crippen LogP contribution >= 0.6 is 11.3 Å². The van der Waals surface area contributed by atoms with Gasteiger partial charge in [0.25, 0.3) is 11.4 Å². The summed E-state index contributed by atoms with van der Waals surface area (Å²) in [6.07, 6.45) is 1.51. The Balaban J connectivity index is 2.32. The van der Waals surface area contributed by atoms with E-state index in [4.69, 9.17) is 4.52 Å². The highest BCUT2D eigenvalue weighted by atomic mass is 32.2. The Morgan fingerprint density at radius 1 is 1.38 bits per heavy atom. The van der Waals surface area contributed by atoms with Crippen LogP contribution in [-0.2, 0) is 17.7 Å². The highest BCUT2D eigenvalue weighted by Crippen LogP contribution is 2.24. The van der Waals surface area contributed by atoms with Crippen LogP contribution < -0.4 is 5.56 Å². The monoisotopic (exact) mass is 325 g/mol. The van der Waals surface area contributed by atoms with Gasteiger partial charge in [-0.1, -0.05) is 5.16 Å². The Bertz CT molecular complexity index is 866. The fourth-order valence-corrected chi connectivity index (χ4v) is 3.45. The lowest BCUT2D eigenvalue weighted by molar-refractivity contribution is 0.420. The number of thiazole rings is 1. The molecule has 3 rings (SSSR count). The van der Waals surface area contributed by atoms with E-state index in [1.165, 1.54) is 10.8 Å². The topological polar surface area (TPSA) is 110 Å². The van der Waals surface area contributed by atoms with E-state index in [0.717, 1.165) is 11.3 Å². The van der Waals surface area contributed by atoms with Crippen LogP contribution in [0.25, 0.3) is 22.1 Å². The summed E-state index contributed by atoms with van der Waals surface area (Å²) in [5.41, 5.74) is -0.0895. The number of rotatable bonds is 3. The lowest BCUT2D eigenvalue weighted by atomic mass is 10.4. The minimum absolute atomic E-state index is 0.181. The molecule has 0 bridgehead atoms. The second-order valence-corrected chi connectivity index (χ2v) is 6.75. The molecule has 21 heavy (non-hydrogen) atoms. The van der Waals surface area contributed by atoms with Crippen molar-refractivity contribution in [2.24, 2.45) is 0 Å². The summed E-state index contributed by atoms with van der Waals surface area (Å²) in [6, 6.07) is 0. The van der Waals surface area contributed by atoms with Gasteiger partial charge in [0.1, 0.15) is 6.26 Å². The molecule has 0 aliphatic rings. The van der Waals surface area contributed by atoms with Crippen molar-refractivity contribution in [1.82, 2.24) is 24.7 Å². The molecule has 3 heterocycles. The highest BCUT2D eigenvalue weighted by Gasteiger charge is 2.22. The van der Waals surface area contributed by atoms with Gasteiger partial charge >= 0.3 is 4.34 Å². The summed E-state index contributed by atoms with van der Waals surface area (Å²) in [5.74, 6) is 0.940. The van der Waals surface area contributed by atoms with Crippen LogP contribution in [0.3, 0.4) is 0 Å². The lowest BCUT2D eigenvalue weighted by Crippen LogP contribution is -2.22. The Morgan fingerprint density at radius 3 is 2.71 bits per heavy atom. The van der Waals surface area contributed by atoms with Crippen molar-refractivity contribution in [1.29, 1.82) is 0 Å². The number of nitrogens with zero attached hydrogens (tertiary/aromatic N) is 5. The number of hydrogen-bond acceptors (Lipinski definition) is 8. The minimum Gasteiger partial charge on any atom is -0.610 e. The zero-order valence-corrected chi connectivity index (χ0v) is 13.1. The Kier molecular flexibility index (Phi) is 3.51. The molecule has 0 fully saturated rings. The molecule has 0 saturated carbocycles. The molecule has 1 atom stereocenters. The van der Waals surface area contributed by atoms with E-state index in [9.17, 15) is 9.35 Å². The van der Waals surface area contributed by atoms with Crippen LogP contribution in [0, 0.1) is 6.92 Å². The molecule has 0 aromatic carbocycles. The maximum Gasteiger partial charge on any atom is 0.304 e. The van der Waals surface area contributed by atoms with Gasteiger partial charge in [-0.05, 0) is 25.2 Å². The molecule has 110 valence electrons. The van der Waals surface area contributed by atoms with Gasteiger partial charge in [-0.3, -0.25) is 9.36 Å². The maximum absolute atomic E-state index is 12.5. The van der Waals surface area contributed by atoms with Crippen LogP contribution in [-0.4, -0.2) is 35.5 Å². The third-order valence-corrected chi connectivity index (χ3v) is 5.06. The van der Waals surface area contributed by atoms with Crippen LogP contribution in [0.2, 0.25) is 0 Å². The molecule has 0 spiro atoms. The number of hydrogen-bond donors (Lipinski definition) is 0. The zero-order valence-electron chi connectivity index (χ0n) is 11.5. The molecule has 0 aliphatic carbocycles. The Hall–Kier alpha value is -1.78. The van der Waals surface area contributed by atoms with E-state index in [2.05, 4.69) is 20.1 Å². The average molecular weight is 325 g/mol. The SMILES string of the molecule is CCn1c(-c2nc(C)no2)nc2sc([S+](C)[O-])nc2c1=O. The quantitative estimate of drug-likeness (QED) is 0.660. The molecular weight excluding hydrogens is 314 g/mol. The van der Waals surface area contributed by atoms with Crippen molar-refractivity contribution in [3.63, 3.8) is 0 Å². The van der Waals surface area contributed by atoms with Gasteiger partial charge < -0.3 is 9.08 Å². The maximum atomic E-state index is 12.5. The first-order valence-corrected chi connectivity index (χ1v) is 8.44. The fraction of sp³-hybridized carbons (Fsp3) is 0.364. The molecule has 0 radical (unpaired) electrons. The van der Waals surface area contributed by atoms with E-state index in [1.54, 1.807) is 6.92 Å². The highest BCUT2D eigenvalue weighted by molar-refractivity contribution is 7.92. The van der Waals surface area contributed by atoms with Crippen molar-refractivity contribution in [2.45, 2.75) is 24.7 Å². The first kappa shape index (κ1) is 14.2. The van der Waals surface area contributed by atoms with Crippen LogP contribution in [0.1, 0.15) is 12.7 Å². The van der Waals surface area contributed by atoms with Gasteiger partial charge in [-0.25, -0.2) is 4.98 Å². The van der Waals surface area contributed by atoms with Crippen LogP contribution in [0.4, 0.5) is 0 Å². The van der Waals surface area contributed by atoms with Gasteiger partial charge in [0.2, 0.25) is 5.82 Å². The lowest BCUT2D eigenvalue weighted by Gasteiger charge is -2.05. The summed E-state index contributed by atoms with van der Waals surface area (Å²) in [4.78, 5) is 25.5. The van der Waals surface area contributed by atoms with E-state index in [1.807, 2.05) is 6.92 Å². The Morgan fingerprint density at radius 2 is 2.14 bits per heavy atom. The first-order valence-electron chi connectivity index (χ1n) is 6.06. The summed E-state index contributed by atoms with van der Waals surface area (Å²) in [6.45, 7) is 3.89. The number of fused-ring (bicyclic) bond motifs is 1. The molecule has 0 amide bonds. The summed E-state index contributed by atoms with van der Waals surface area (Å²) in [5, 5.41) is 3.71. The molecule has 3 aromatic heterocycles. The number of aromatic nitrogens is 5. The third-order valence-electron chi connectivity index (χ3n) is 2.78. The van der Waals surface area contributed by atoms with Gasteiger partial charge in [-0.15, -0.1) is 0 Å². The van der Waals surface area contributed by atoms with Crippen LogP contribution in [0.15, 0.2) is 13.7 Å². The van der Waals surface area contributed by atoms with Crippen molar-refractivity contribution in [2.75, 3.05) is 6.26 Å². The van der Waals surface area contributed by atoms with Crippen molar-refractivity contribution in [3.8, 4) is 11.7 Å². The van der Waals surface area contributed by atoms with Gasteiger partial charge in [0.15, 0.2) is 16.2 Å². The molecular formula is C11H11N5O3S2. The van der Waals surface area contributed by atoms with Crippen molar-refractivity contribution in [3.05, 3.63) is 16.2 Å². The molecule has 0 saturated heterocycles. The van der Waals surface area contributed by atoms with E-state index < -0.39 is 11.2 Å². The van der Waals surface area contributed by atoms with Crippen molar-refractivity contribution >= 4 is 32.9 Å². The molecule has 1 unspecified atom stereocenters. The Labute approximate surface area is 126 Å². The smallest absolute Gasteiger partial charge is 0.304 e. The molecule has 0 aliphatic heterocycles. The largest absolute Gasteiger partial charge is 0.610 e. The third kappa shape index (κ3) is 2.34. The van der Waals surface area contributed by atoms with E-state index in [-0.39, 0.29) is 17.0 Å².